The van der Waals surface area contributed by atoms with Gasteiger partial charge in [-0.05, 0) is 33.3 Å². The Morgan fingerprint density at radius 2 is 1.65 bits per heavy atom. The molecule has 4 nitrogen and oxygen atoms in total. The molecule has 20 heavy (non-hydrogen) atoms. The molecule has 1 aromatic carbocycles. The Morgan fingerprint density at radius 3 is 2.10 bits per heavy atom. The van der Waals surface area contributed by atoms with Crippen LogP contribution in [-0.4, -0.2) is 21.8 Å². The van der Waals surface area contributed by atoms with E-state index >= 15 is 0 Å². The Morgan fingerprint density at radius 1 is 1.15 bits per heavy atom. The van der Waals surface area contributed by atoms with Gasteiger partial charge in [0.05, 0.1) is 11.0 Å². The molecule has 0 saturated heterocycles. The van der Waals surface area contributed by atoms with Gasteiger partial charge in [0.1, 0.15) is 4.83 Å². The number of rotatable bonds is 5. The van der Waals surface area contributed by atoms with Crippen LogP contribution in [0.15, 0.2) is 30.3 Å². The van der Waals surface area contributed by atoms with Crippen LogP contribution in [0.3, 0.4) is 0 Å². The van der Waals surface area contributed by atoms with E-state index in [0.717, 1.165) is 5.56 Å². The SMILES string of the molecule is CC(C)(NC(=O)C(Br)C(C)(C)C(=O)O)c1ccccc1. The van der Waals surface area contributed by atoms with E-state index in [2.05, 4.69) is 21.2 Å². The highest BCUT2D eigenvalue weighted by Gasteiger charge is 2.41. The van der Waals surface area contributed by atoms with Gasteiger partial charge in [-0.25, -0.2) is 0 Å². The minimum atomic E-state index is -1.18. The summed E-state index contributed by atoms with van der Waals surface area (Å²) in [5, 5.41) is 12.1. The van der Waals surface area contributed by atoms with Crippen molar-refractivity contribution in [3.8, 4) is 0 Å². The average Bonchev–Trinajstić information content (AvgIpc) is 2.38. The van der Waals surface area contributed by atoms with Crippen LogP contribution in [0.25, 0.3) is 0 Å². The van der Waals surface area contributed by atoms with E-state index in [9.17, 15) is 9.59 Å². The first-order valence-corrected chi connectivity index (χ1v) is 7.25. The molecule has 0 saturated carbocycles. The fourth-order valence-corrected chi connectivity index (χ4v) is 2.04. The Balaban J connectivity index is 2.88. The standard InChI is InChI=1S/C15H20BrNO3/c1-14(2,13(19)20)11(16)12(18)17-15(3,4)10-8-6-5-7-9-10/h5-9,11H,1-4H3,(H,17,18)(H,19,20). The molecule has 1 aromatic rings. The third kappa shape index (κ3) is 3.60. The quantitative estimate of drug-likeness (QED) is 0.809. The van der Waals surface area contributed by atoms with Crippen LogP contribution < -0.4 is 5.32 Å². The number of halogens is 1. The third-order valence-electron chi connectivity index (χ3n) is 3.35. The number of hydrogen-bond acceptors (Lipinski definition) is 2. The summed E-state index contributed by atoms with van der Waals surface area (Å²) >= 11 is 3.20. The molecule has 0 aliphatic carbocycles. The Kier molecular flexibility index (Phi) is 4.97. The van der Waals surface area contributed by atoms with Crippen LogP contribution in [0, 0.1) is 5.41 Å². The molecule has 0 aliphatic rings. The van der Waals surface area contributed by atoms with Crippen molar-refractivity contribution in [2.45, 2.75) is 38.1 Å². The van der Waals surface area contributed by atoms with Gasteiger partial charge < -0.3 is 10.4 Å². The van der Waals surface area contributed by atoms with Crippen LogP contribution in [0.4, 0.5) is 0 Å². The predicted molar refractivity (Wildman–Crippen MR) is 81.7 cm³/mol. The summed E-state index contributed by atoms with van der Waals surface area (Å²) in [5.74, 6) is -1.36. The van der Waals surface area contributed by atoms with E-state index in [0.29, 0.717) is 0 Å². The van der Waals surface area contributed by atoms with Crippen molar-refractivity contribution in [1.29, 1.82) is 0 Å². The molecular weight excluding hydrogens is 322 g/mol. The number of carboxylic acid groups (broad SMARTS) is 1. The number of carbonyl (C=O) groups excluding carboxylic acids is 1. The topological polar surface area (TPSA) is 66.4 Å². The largest absolute Gasteiger partial charge is 0.481 e. The van der Waals surface area contributed by atoms with Crippen molar-refractivity contribution in [2.24, 2.45) is 5.41 Å². The second-order valence-corrected chi connectivity index (χ2v) is 6.79. The van der Waals surface area contributed by atoms with E-state index in [1.165, 1.54) is 13.8 Å². The Bertz CT molecular complexity index is 497. The zero-order valence-corrected chi connectivity index (χ0v) is 13.7. The number of carboxylic acids is 1. The summed E-state index contributed by atoms with van der Waals surface area (Å²) in [5.41, 5.74) is -0.795. The summed E-state index contributed by atoms with van der Waals surface area (Å²) < 4.78 is 0. The second-order valence-electron chi connectivity index (χ2n) is 5.87. The van der Waals surface area contributed by atoms with Gasteiger partial charge in [-0.15, -0.1) is 0 Å². The van der Waals surface area contributed by atoms with Gasteiger partial charge in [0, 0.05) is 0 Å². The van der Waals surface area contributed by atoms with Gasteiger partial charge in [-0.3, -0.25) is 9.59 Å². The molecular formula is C15H20BrNO3. The van der Waals surface area contributed by atoms with E-state index < -0.39 is 21.8 Å². The summed E-state index contributed by atoms with van der Waals surface area (Å²) in [7, 11) is 0. The number of carbonyl (C=O) groups is 2. The number of aliphatic carboxylic acids is 1. The molecule has 0 radical (unpaired) electrons. The Labute approximate surface area is 127 Å². The molecule has 1 amide bonds. The first-order valence-electron chi connectivity index (χ1n) is 6.34. The first kappa shape index (κ1) is 16.7. The molecule has 1 atom stereocenters. The van der Waals surface area contributed by atoms with Crippen molar-refractivity contribution in [3.63, 3.8) is 0 Å². The van der Waals surface area contributed by atoms with Crippen LogP contribution in [-0.2, 0) is 15.1 Å². The second kappa shape index (κ2) is 5.95. The minimum Gasteiger partial charge on any atom is -0.481 e. The lowest BCUT2D eigenvalue weighted by atomic mass is 9.87. The highest BCUT2D eigenvalue weighted by molar-refractivity contribution is 9.10. The molecule has 110 valence electrons. The van der Waals surface area contributed by atoms with Gasteiger partial charge in [0.2, 0.25) is 5.91 Å². The number of benzene rings is 1. The van der Waals surface area contributed by atoms with Crippen molar-refractivity contribution < 1.29 is 14.7 Å². The maximum absolute atomic E-state index is 12.3. The zero-order valence-electron chi connectivity index (χ0n) is 12.1. The summed E-state index contributed by atoms with van der Waals surface area (Å²) in [6, 6.07) is 9.55. The van der Waals surface area contributed by atoms with E-state index in [4.69, 9.17) is 5.11 Å². The molecule has 0 bridgehead atoms. The van der Waals surface area contributed by atoms with Gasteiger partial charge in [-0.1, -0.05) is 46.3 Å². The lowest BCUT2D eigenvalue weighted by Gasteiger charge is -2.31. The van der Waals surface area contributed by atoms with E-state index in [1.807, 2.05) is 44.2 Å². The van der Waals surface area contributed by atoms with E-state index in [1.54, 1.807) is 0 Å². The monoisotopic (exact) mass is 341 g/mol. The molecule has 0 heterocycles. The van der Waals surface area contributed by atoms with Gasteiger partial charge in [0.15, 0.2) is 0 Å². The smallest absolute Gasteiger partial charge is 0.310 e. The number of hydrogen-bond donors (Lipinski definition) is 2. The van der Waals surface area contributed by atoms with Crippen LogP contribution >= 0.6 is 15.9 Å². The van der Waals surface area contributed by atoms with Crippen molar-refractivity contribution in [1.82, 2.24) is 5.32 Å². The number of nitrogens with one attached hydrogen (secondary N) is 1. The molecule has 1 rings (SSSR count). The van der Waals surface area contributed by atoms with Gasteiger partial charge in [0.25, 0.3) is 0 Å². The molecule has 2 N–H and O–H groups in total. The first-order chi connectivity index (χ1) is 9.09. The van der Waals surface area contributed by atoms with Crippen LogP contribution in [0.1, 0.15) is 33.3 Å². The maximum Gasteiger partial charge on any atom is 0.310 e. The summed E-state index contributed by atoms with van der Waals surface area (Å²) in [6.45, 7) is 6.80. The van der Waals surface area contributed by atoms with Crippen LogP contribution in [0.2, 0.25) is 0 Å². The van der Waals surface area contributed by atoms with Crippen LogP contribution in [0.5, 0.6) is 0 Å². The molecule has 0 aliphatic heterocycles. The number of alkyl halides is 1. The molecule has 0 fully saturated rings. The lowest BCUT2D eigenvalue weighted by molar-refractivity contribution is -0.149. The summed E-state index contributed by atoms with van der Waals surface area (Å²) in [4.78, 5) is 22.6. The molecule has 1 unspecified atom stereocenters. The Hall–Kier alpha value is -1.36. The highest BCUT2D eigenvalue weighted by atomic mass is 79.9. The van der Waals surface area contributed by atoms with Crippen molar-refractivity contribution in [2.75, 3.05) is 0 Å². The molecule has 0 aromatic heterocycles. The normalized spacial score (nSPS) is 13.7. The number of amides is 1. The van der Waals surface area contributed by atoms with Gasteiger partial charge >= 0.3 is 5.97 Å². The van der Waals surface area contributed by atoms with Crippen molar-refractivity contribution >= 4 is 27.8 Å². The van der Waals surface area contributed by atoms with Gasteiger partial charge in [-0.2, -0.15) is 0 Å². The highest BCUT2D eigenvalue weighted by Crippen LogP contribution is 2.29. The van der Waals surface area contributed by atoms with Crippen molar-refractivity contribution in [3.05, 3.63) is 35.9 Å². The summed E-state index contributed by atoms with van der Waals surface area (Å²) in [6.07, 6.45) is 0. The minimum absolute atomic E-state index is 0.341. The fourth-order valence-electron chi connectivity index (χ4n) is 1.73. The predicted octanol–water partition coefficient (Wildman–Crippen LogP) is 2.91. The molecule has 5 heteroatoms. The third-order valence-corrected chi connectivity index (χ3v) is 4.91. The fraction of sp³-hybridized carbons (Fsp3) is 0.467. The van der Waals surface area contributed by atoms with E-state index in [-0.39, 0.29) is 5.91 Å². The maximum atomic E-state index is 12.3. The zero-order chi connectivity index (χ0) is 15.6. The average molecular weight is 342 g/mol. The lowest BCUT2D eigenvalue weighted by Crippen LogP contribution is -2.50. The molecule has 0 spiro atoms.